The number of aliphatic imine (C=N–C) groups is 1. The van der Waals surface area contributed by atoms with Crippen molar-refractivity contribution in [2.45, 2.75) is 45.7 Å². The van der Waals surface area contributed by atoms with Gasteiger partial charge in [-0.25, -0.2) is 4.98 Å². The molecule has 2 aromatic rings. The SMILES string of the molecule is CCc1cnc(CNC(=NC)NCc2ccc(N3CCCCC3=O)cc2)s1. The molecule has 0 aliphatic carbocycles. The van der Waals surface area contributed by atoms with Crippen LogP contribution in [0.3, 0.4) is 0 Å². The summed E-state index contributed by atoms with van der Waals surface area (Å²) in [6.45, 7) is 4.30. The van der Waals surface area contributed by atoms with E-state index in [0.717, 1.165) is 48.0 Å². The van der Waals surface area contributed by atoms with E-state index in [2.05, 4.69) is 39.7 Å². The minimum Gasteiger partial charge on any atom is -0.352 e. The number of nitrogens with zero attached hydrogens (tertiary/aromatic N) is 3. The standard InChI is InChI=1S/C20H27N5OS/c1-3-17-13-22-18(27-17)14-24-20(21-2)23-12-15-7-9-16(10-8-15)25-11-5-4-6-19(25)26/h7-10,13H,3-6,11-12,14H2,1-2H3,(H2,21,23,24). The van der Waals surface area contributed by atoms with Gasteiger partial charge in [0, 0.05) is 43.3 Å². The summed E-state index contributed by atoms with van der Waals surface area (Å²) in [5, 5.41) is 7.68. The van der Waals surface area contributed by atoms with Crippen LogP contribution in [0.2, 0.25) is 0 Å². The molecule has 1 saturated heterocycles. The van der Waals surface area contributed by atoms with Crippen molar-refractivity contribution in [1.82, 2.24) is 15.6 Å². The topological polar surface area (TPSA) is 69.6 Å². The van der Waals surface area contributed by atoms with Gasteiger partial charge in [-0.05, 0) is 37.0 Å². The Morgan fingerprint density at radius 2 is 2.00 bits per heavy atom. The van der Waals surface area contributed by atoms with Crippen LogP contribution in [0.25, 0.3) is 0 Å². The smallest absolute Gasteiger partial charge is 0.226 e. The van der Waals surface area contributed by atoms with Crippen LogP contribution < -0.4 is 15.5 Å². The maximum absolute atomic E-state index is 12.0. The average Bonchev–Trinajstić information content (AvgIpc) is 3.17. The Labute approximate surface area is 164 Å². The maximum atomic E-state index is 12.0. The molecule has 2 heterocycles. The number of thiazole rings is 1. The number of hydrogen-bond acceptors (Lipinski definition) is 4. The van der Waals surface area contributed by atoms with Gasteiger partial charge in [-0.15, -0.1) is 11.3 Å². The lowest BCUT2D eigenvalue weighted by atomic mass is 10.1. The second-order valence-corrected chi connectivity index (χ2v) is 7.72. The van der Waals surface area contributed by atoms with Crippen LogP contribution in [-0.4, -0.2) is 30.4 Å². The lowest BCUT2D eigenvalue weighted by Crippen LogP contribution is -2.36. The summed E-state index contributed by atoms with van der Waals surface area (Å²) >= 11 is 1.73. The predicted molar refractivity (Wildman–Crippen MR) is 111 cm³/mol. The predicted octanol–water partition coefficient (Wildman–Crippen LogP) is 3.09. The highest BCUT2D eigenvalue weighted by molar-refractivity contribution is 7.11. The molecule has 0 unspecified atom stereocenters. The van der Waals surface area contributed by atoms with Gasteiger partial charge in [0.2, 0.25) is 5.91 Å². The average molecular weight is 386 g/mol. The van der Waals surface area contributed by atoms with Gasteiger partial charge in [-0.1, -0.05) is 19.1 Å². The molecule has 27 heavy (non-hydrogen) atoms. The van der Waals surface area contributed by atoms with Crippen molar-refractivity contribution in [3.63, 3.8) is 0 Å². The highest BCUT2D eigenvalue weighted by Gasteiger charge is 2.19. The number of guanidine groups is 1. The van der Waals surface area contributed by atoms with Crippen molar-refractivity contribution in [3.05, 3.63) is 45.9 Å². The fourth-order valence-electron chi connectivity index (χ4n) is 3.03. The van der Waals surface area contributed by atoms with Gasteiger partial charge < -0.3 is 15.5 Å². The molecule has 1 aromatic carbocycles. The first kappa shape index (κ1) is 19.4. The number of aromatic nitrogens is 1. The van der Waals surface area contributed by atoms with E-state index in [-0.39, 0.29) is 5.91 Å². The first-order valence-corrected chi connectivity index (χ1v) is 10.3. The van der Waals surface area contributed by atoms with E-state index in [1.165, 1.54) is 4.88 Å². The molecule has 1 fully saturated rings. The summed E-state index contributed by atoms with van der Waals surface area (Å²) in [7, 11) is 1.76. The third-order valence-electron chi connectivity index (χ3n) is 4.61. The van der Waals surface area contributed by atoms with Crippen molar-refractivity contribution < 1.29 is 4.79 Å². The molecule has 1 aliphatic rings. The lowest BCUT2D eigenvalue weighted by Gasteiger charge is -2.26. The van der Waals surface area contributed by atoms with Crippen LogP contribution >= 0.6 is 11.3 Å². The largest absolute Gasteiger partial charge is 0.352 e. The Morgan fingerprint density at radius 1 is 1.22 bits per heavy atom. The van der Waals surface area contributed by atoms with E-state index >= 15 is 0 Å². The van der Waals surface area contributed by atoms with Crippen LogP contribution in [-0.2, 0) is 24.3 Å². The van der Waals surface area contributed by atoms with Crippen LogP contribution in [0.4, 0.5) is 5.69 Å². The lowest BCUT2D eigenvalue weighted by molar-refractivity contribution is -0.119. The molecule has 1 aliphatic heterocycles. The second-order valence-electron chi connectivity index (χ2n) is 6.52. The molecule has 0 bridgehead atoms. The molecule has 6 nitrogen and oxygen atoms in total. The number of aryl methyl sites for hydroxylation is 1. The van der Waals surface area contributed by atoms with Gasteiger partial charge in [0.1, 0.15) is 5.01 Å². The third-order valence-corrected chi connectivity index (χ3v) is 5.75. The molecule has 0 saturated carbocycles. The van der Waals surface area contributed by atoms with E-state index in [1.807, 2.05) is 23.2 Å². The van der Waals surface area contributed by atoms with Gasteiger partial charge in [0.15, 0.2) is 5.96 Å². The van der Waals surface area contributed by atoms with Crippen molar-refractivity contribution in [2.75, 3.05) is 18.5 Å². The Morgan fingerprint density at radius 3 is 2.67 bits per heavy atom. The minimum absolute atomic E-state index is 0.227. The normalized spacial score (nSPS) is 15.1. The van der Waals surface area contributed by atoms with Gasteiger partial charge in [-0.2, -0.15) is 0 Å². The molecule has 1 amide bonds. The van der Waals surface area contributed by atoms with Crippen molar-refractivity contribution in [3.8, 4) is 0 Å². The van der Waals surface area contributed by atoms with Crippen LogP contribution in [0.15, 0.2) is 35.5 Å². The van der Waals surface area contributed by atoms with Crippen molar-refractivity contribution in [2.24, 2.45) is 4.99 Å². The molecule has 0 radical (unpaired) electrons. The maximum Gasteiger partial charge on any atom is 0.226 e. The number of carbonyl (C=O) groups excluding carboxylic acids is 1. The van der Waals surface area contributed by atoms with E-state index in [0.29, 0.717) is 19.5 Å². The quantitative estimate of drug-likeness (QED) is 0.592. The summed E-state index contributed by atoms with van der Waals surface area (Å²) < 4.78 is 0. The first-order valence-electron chi connectivity index (χ1n) is 9.47. The molecule has 3 rings (SSSR count). The van der Waals surface area contributed by atoms with Crippen LogP contribution in [0.1, 0.15) is 41.6 Å². The second kappa shape index (κ2) is 9.50. The van der Waals surface area contributed by atoms with Crippen LogP contribution in [0, 0.1) is 0 Å². The zero-order valence-electron chi connectivity index (χ0n) is 16.0. The number of amides is 1. The Kier molecular flexibility index (Phi) is 6.81. The van der Waals surface area contributed by atoms with Gasteiger partial charge in [0.25, 0.3) is 0 Å². The van der Waals surface area contributed by atoms with E-state index < -0.39 is 0 Å². The molecular formula is C20H27N5OS. The molecule has 0 spiro atoms. The molecule has 0 atom stereocenters. The summed E-state index contributed by atoms with van der Waals surface area (Å²) in [6, 6.07) is 8.17. The molecule has 144 valence electrons. The number of rotatable bonds is 6. The number of hydrogen-bond donors (Lipinski definition) is 2. The van der Waals surface area contributed by atoms with Gasteiger partial charge in [0.05, 0.1) is 6.54 Å². The molecule has 1 aromatic heterocycles. The van der Waals surface area contributed by atoms with Crippen LogP contribution in [0.5, 0.6) is 0 Å². The number of piperidine rings is 1. The highest BCUT2D eigenvalue weighted by atomic mass is 32.1. The summed E-state index contributed by atoms with van der Waals surface area (Å²) in [5.41, 5.74) is 2.13. The summed E-state index contributed by atoms with van der Waals surface area (Å²) in [4.78, 5) is 23.9. The van der Waals surface area contributed by atoms with Crippen molar-refractivity contribution in [1.29, 1.82) is 0 Å². The third kappa shape index (κ3) is 5.29. The number of anilines is 1. The Hall–Kier alpha value is -2.41. The van der Waals surface area contributed by atoms with Gasteiger partial charge >= 0.3 is 0 Å². The fourth-order valence-corrected chi connectivity index (χ4v) is 3.83. The molecular weight excluding hydrogens is 358 g/mol. The van der Waals surface area contributed by atoms with Crippen molar-refractivity contribution >= 4 is 28.9 Å². The molecule has 7 heteroatoms. The zero-order valence-corrected chi connectivity index (χ0v) is 16.8. The summed E-state index contributed by atoms with van der Waals surface area (Å²) in [6.07, 6.45) is 5.69. The monoisotopic (exact) mass is 385 g/mol. The Bertz CT molecular complexity index is 784. The first-order chi connectivity index (χ1) is 13.2. The minimum atomic E-state index is 0.227. The van der Waals surface area contributed by atoms with E-state index in [4.69, 9.17) is 0 Å². The Balaban J connectivity index is 1.49. The summed E-state index contributed by atoms with van der Waals surface area (Å²) in [5.74, 6) is 0.976. The number of nitrogens with one attached hydrogen (secondary N) is 2. The zero-order chi connectivity index (χ0) is 19.1. The number of carbonyl (C=O) groups is 1. The van der Waals surface area contributed by atoms with Gasteiger partial charge in [-0.3, -0.25) is 9.79 Å². The highest BCUT2D eigenvalue weighted by Crippen LogP contribution is 2.21. The molecule has 2 N–H and O–H groups in total. The van der Waals surface area contributed by atoms with E-state index in [9.17, 15) is 4.79 Å². The van der Waals surface area contributed by atoms with E-state index in [1.54, 1.807) is 18.4 Å². The fraction of sp³-hybridized carbons (Fsp3) is 0.450. The number of benzene rings is 1.